The fraction of sp³-hybridized carbons (Fsp3) is 0.357. The van der Waals surface area contributed by atoms with E-state index in [2.05, 4.69) is 43.3 Å². The van der Waals surface area contributed by atoms with Crippen LogP contribution in [-0.4, -0.2) is 15.3 Å². The Balaban J connectivity index is 1.54. The number of hydrogen-bond acceptors (Lipinski definition) is 4. The summed E-state index contributed by atoms with van der Waals surface area (Å²) in [6.45, 7) is 2.82. The van der Waals surface area contributed by atoms with Crippen LogP contribution >= 0.6 is 23.1 Å². The van der Waals surface area contributed by atoms with Gasteiger partial charge in [0.05, 0.1) is 11.9 Å². The van der Waals surface area contributed by atoms with E-state index in [1.54, 1.807) is 23.1 Å². The van der Waals surface area contributed by atoms with Crippen molar-refractivity contribution in [3.8, 4) is 10.4 Å². The number of thiophene rings is 1. The number of nitrogens with zero attached hydrogens (tertiary/aromatic N) is 2. The molecule has 2 aromatic carbocycles. The standard InChI is InChI=1S/C28H30N2OS2/c1-2-3-4-5-11-18-32-28-29-26-24(27(31)30(28)19-20-12-7-6-8-13-20)23-17-16-21-14-9-10-15-22(21)25(23)33-26/h6-10,12-15H,2-5,11,16-19H2,1H3. The molecule has 0 amide bonds. The number of fused-ring (bicyclic) bond motifs is 5. The first-order valence-electron chi connectivity index (χ1n) is 12.1. The number of thioether (sulfide) groups is 1. The molecule has 3 nitrogen and oxygen atoms in total. The van der Waals surface area contributed by atoms with Gasteiger partial charge in [-0.15, -0.1) is 11.3 Å². The highest BCUT2D eigenvalue weighted by molar-refractivity contribution is 7.99. The number of rotatable bonds is 9. The first-order chi connectivity index (χ1) is 16.3. The zero-order chi connectivity index (χ0) is 22.6. The molecule has 0 aliphatic heterocycles. The van der Waals surface area contributed by atoms with Gasteiger partial charge in [0.2, 0.25) is 0 Å². The summed E-state index contributed by atoms with van der Waals surface area (Å²) in [5, 5.41) is 1.70. The van der Waals surface area contributed by atoms with Crippen LogP contribution in [0.1, 0.15) is 55.7 Å². The van der Waals surface area contributed by atoms with Crippen molar-refractivity contribution < 1.29 is 0 Å². The summed E-state index contributed by atoms with van der Waals surface area (Å²) < 4.78 is 1.92. The van der Waals surface area contributed by atoms with E-state index in [0.29, 0.717) is 6.54 Å². The van der Waals surface area contributed by atoms with Gasteiger partial charge in [-0.05, 0) is 41.5 Å². The molecule has 0 saturated heterocycles. The Labute approximate surface area is 203 Å². The van der Waals surface area contributed by atoms with Crippen molar-refractivity contribution >= 4 is 33.3 Å². The van der Waals surface area contributed by atoms with Crippen LogP contribution in [0.25, 0.3) is 20.7 Å². The lowest BCUT2D eigenvalue weighted by Crippen LogP contribution is -2.24. The SMILES string of the molecule is CCCCCCCSc1nc2sc3c(c2c(=O)n1Cc1ccccc1)CCc1ccccc1-3. The van der Waals surface area contributed by atoms with Gasteiger partial charge >= 0.3 is 0 Å². The van der Waals surface area contributed by atoms with E-state index in [-0.39, 0.29) is 5.56 Å². The number of aromatic nitrogens is 2. The van der Waals surface area contributed by atoms with Crippen molar-refractivity contribution in [3.63, 3.8) is 0 Å². The zero-order valence-electron chi connectivity index (χ0n) is 19.2. The van der Waals surface area contributed by atoms with Gasteiger partial charge in [-0.1, -0.05) is 99.0 Å². The molecule has 1 aliphatic rings. The van der Waals surface area contributed by atoms with Gasteiger partial charge in [0, 0.05) is 10.6 Å². The van der Waals surface area contributed by atoms with E-state index in [1.807, 2.05) is 22.8 Å². The molecule has 4 aromatic rings. The predicted molar refractivity (Wildman–Crippen MR) is 142 cm³/mol. The summed E-state index contributed by atoms with van der Waals surface area (Å²) in [6, 6.07) is 18.9. The molecule has 1 aliphatic carbocycles. The lowest BCUT2D eigenvalue weighted by atomic mass is 9.90. The average molecular weight is 475 g/mol. The summed E-state index contributed by atoms with van der Waals surface area (Å²) in [5.74, 6) is 1.00. The molecule has 0 unspecified atom stereocenters. The molecule has 0 bridgehead atoms. The molecule has 0 saturated carbocycles. The van der Waals surface area contributed by atoms with Crippen LogP contribution in [0.5, 0.6) is 0 Å². The van der Waals surface area contributed by atoms with Crippen LogP contribution in [0.4, 0.5) is 0 Å². The van der Waals surface area contributed by atoms with E-state index < -0.39 is 0 Å². The molecule has 0 radical (unpaired) electrons. The summed E-state index contributed by atoms with van der Waals surface area (Å²) >= 11 is 3.44. The Morgan fingerprint density at radius 2 is 1.76 bits per heavy atom. The fourth-order valence-electron chi connectivity index (χ4n) is 4.68. The van der Waals surface area contributed by atoms with Crippen molar-refractivity contribution in [1.82, 2.24) is 9.55 Å². The monoisotopic (exact) mass is 474 g/mol. The second kappa shape index (κ2) is 10.3. The van der Waals surface area contributed by atoms with Crippen molar-refractivity contribution in [2.45, 2.75) is 63.6 Å². The maximum Gasteiger partial charge on any atom is 0.263 e. The van der Waals surface area contributed by atoms with Crippen LogP contribution in [-0.2, 0) is 19.4 Å². The third kappa shape index (κ3) is 4.67. The lowest BCUT2D eigenvalue weighted by molar-refractivity contribution is 0.649. The van der Waals surface area contributed by atoms with E-state index in [9.17, 15) is 4.79 Å². The summed E-state index contributed by atoms with van der Waals surface area (Å²) in [4.78, 5) is 21.1. The van der Waals surface area contributed by atoms with Gasteiger partial charge in [-0.25, -0.2) is 4.98 Å². The van der Waals surface area contributed by atoms with Gasteiger partial charge < -0.3 is 0 Å². The van der Waals surface area contributed by atoms with Gasteiger partial charge in [-0.2, -0.15) is 0 Å². The van der Waals surface area contributed by atoms with E-state index in [4.69, 9.17) is 4.98 Å². The van der Waals surface area contributed by atoms with Crippen molar-refractivity contribution in [1.29, 1.82) is 0 Å². The summed E-state index contributed by atoms with van der Waals surface area (Å²) in [6.07, 6.45) is 8.16. The molecule has 2 aromatic heterocycles. The van der Waals surface area contributed by atoms with Crippen LogP contribution < -0.4 is 5.56 Å². The minimum atomic E-state index is 0.120. The molecule has 33 heavy (non-hydrogen) atoms. The third-order valence-corrected chi connectivity index (χ3v) is 8.67. The average Bonchev–Trinajstić information content (AvgIpc) is 3.23. The number of benzene rings is 2. The van der Waals surface area contributed by atoms with Crippen LogP contribution in [0.3, 0.4) is 0 Å². The Morgan fingerprint density at radius 1 is 0.970 bits per heavy atom. The Bertz CT molecular complexity index is 1310. The van der Waals surface area contributed by atoms with Crippen molar-refractivity contribution in [2.75, 3.05) is 5.75 Å². The first-order valence-corrected chi connectivity index (χ1v) is 13.9. The largest absolute Gasteiger partial charge is 0.283 e. The highest BCUT2D eigenvalue weighted by Gasteiger charge is 2.25. The minimum absolute atomic E-state index is 0.120. The topological polar surface area (TPSA) is 34.9 Å². The molecular weight excluding hydrogens is 444 g/mol. The molecule has 0 N–H and O–H groups in total. The molecule has 2 heterocycles. The Kier molecular flexibility index (Phi) is 6.98. The lowest BCUT2D eigenvalue weighted by Gasteiger charge is -2.16. The normalized spacial score (nSPS) is 12.6. The smallest absolute Gasteiger partial charge is 0.263 e. The van der Waals surface area contributed by atoms with Crippen molar-refractivity contribution in [2.24, 2.45) is 0 Å². The Hall–Kier alpha value is -2.37. The van der Waals surface area contributed by atoms with Crippen LogP contribution in [0.2, 0.25) is 0 Å². The molecule has 170 valence electrons. The number of unbranched alkanes of at least 4 members (excludes halogenated alkanes) is 4. The molecule has 0 atom stereocenters. The summed E-state index contributed by atoms with van der Waals surface area (Å²) in [7, 11) is 0. The van der Waals surface area contributed by atoms with Gasteiger partial charge in [0.15, 0.2) is 5.16 Å². The van der Waals surface area contributed by atoms with E-state index in [1.165, 1.54) is 47.3 Å². The van der Waals surface area contributed by atoms with Crippen molar-refractivity contribution in [3.05, 3.63) is 81.6 Å². The highest BCUT2D eigenvalue weighted by atomic mass is 32.2. The minimum Gasteiger partial charge on any atom is -0.283 e. The molecule has 5 rings (SSSR count). The number of hydrogen-bond donors (Lipinski definition) is 0. The van der Waals surface area contributed by atoms with E-state index in [0.717, 1.165) is 46.0 Å². The van der Waals surface area contributed by atoms with Crippen LogP contribution in [0.15, 0.2) is 64.5 Å². The second-order valence-corrected chi connectivity index (χ2v) is 10.8. The molecular formula is C28H30N2OS2. The van der Waals surface area contributed by atoms with Gasteiger partial charge in [0.25, 0.3) is 5.56 Å². The fourth-order valence-corrected chi connectivity index (χ4v) is 7.00. The highest BCUT2D eigenvalue weighted by Crippen LogP contribution is 2.42. The number of aryl methyl sites for hydroxylation is 2. The predicted octanol–water partition coefficient (Wildman–Crippen LogP) is 7.33. The van der Waals surface area contributed by atoms with Crippen LogP contribution in [0, 0.1) is 0 Å². The first kappa shape index (κ1) is 22.4. The quantitative estimate of drug-likeness (QED) is 0.145. The molecule has 0 fully saturated rings. The second-order valence-electron chi connectivity index (χ2n) is 8.78. The maximum atomic E-state index is 13.9. The third-order valence-electron chi connectivity index (χ3n) is 6.44. The zero-order valence-corrected chi connectivity index (χ0v) is 20.8. The molecule has 0 spiro atoms. The summed E-state index contributed by atoms with van der Waals surface area (Å²) in [5.41, 5.74) is 5.11. The molecule has 5 heteroatoms. The van der Waals surface area contributed by atoms with Gasteiger partial charge in [0.1, 0.15) is 4.83 Å². The van der Waals surface area contributed by atoms with E-state index >= 15 is 0 Å². The maximum absolute atomic E-state index is 13.9. The van der Waals surface area contributed by atoms with Gasteiger partial charge in [-0.3, -0.25) is 9.36 Å². The Morgan fingerprint density at radius 3 is 2.61 bits per heavy atom.